The molecule has 0 bridgehead atoms. The van der Waals surface area contributed by atoms with Gasteiger partial charge in [0.2, 0.25) is 5.91 Å². The second-order valence-corrected chi connectivity index (χ2v) is 11.4. The van der Waals surface area contributed by atoms with E-state index >= 15 is 0 Å². The molecule has 4 rings (SSSR count). The summed E-state index contributed by atoms with van der Waals surface area (Å²) in [6.07, 6.45) is -4.04. The number of aryl methyl sites for hydroxylation is 1. The van der Waals surface area contributed by atoms with Crippen molar-refractivity contribution < 1.29 is 22.4 Å². The Morgan fingerprint density at radius 1 is 0.886 bits per heavy atom. The average Bonchev–Trinajstić information content (AvgIpc) is 2.99. The highest BCUT2D eigenvalue weighted by Gasteiger charge is 2.30. The number of halogens is 4. The molecule has 4 aromatic rings. The van der Waals surface area contributed by atoms with Gasteiger partial charge in [-0.3, -0.25) is 9.59 Å². The van der Waals surface area contributed by atoms with E-state index in [0.717, 1.165) is 28.8 Å². The first-order valence-corrected chi connectivity index (χ1v) is 15.0. The molecule has 1 aromatic heterocycles. The van der Waals surface area contributed by atoms with Gasteiger partial charge in [0.25, 0.3) is 5.56 Å². The molecule has 0 unspecified atom stereocenters. The van der Waals surface area contributed by atoms with Gasteiger partial charge in [-0.05, 0) is 67.0 Å². The minimum Gasteiger partial charge on any atom is -0.335 e. The van der Waals surface area contributed by atoms with E-state index in [1.54, 1.807) is 24.0 Å². The van der Waals surface area contributed by atoms with E-state index in [1.165, 1.54) is 40.7 Å². The first kappa shape index (κ1) is 32.9. The maximum Gasteiger partial charge on any atom is 0.416 e. The fraction of sp³-hybridized carbons (Fsp3) is 0.312. The van der Waals surface area contributed by atoms with Crippen molar-refractivity contribution in [3.8, 4) is 11.1 Å². The molecular formula is C32H33F4N5O2S. The van der Waals surface area contributed by atoms with Gasteiger partial charge in [0, 0.05) is 25.4 Å². The molecule has 1 amide bonds. The Hall–Kier alpha value is -4.03. The highest BCUT2D eigenvalue weighted by atomic mass is 32.2. The summed E-state index contributed by atoms with van der Waals surface area (Å²) in [6.45, 7) is 2.99. The van der Waals surface area contributed by atoms with E-state index in [2.05, 4.69) is 10.1 Å². The van der Waals surface area contributed by atoms with Crippen LogP contribution >= 0.6 is 11.8 Å². The Labute approximate surface area is 257 Å². The van der Waals surface area contributed by atoms with Crippen LogP contribution in [0.5, 0.6) is 0 Å². The SMILES string of the molecule is CCc1nn(CC(=O)N(CCN(C)C)Cc2ccc(-c3ccc(C(F)(F)F)cc3)cc2)c(SCc2ccc(F)cc2)nc1=O. The zero-order valence-electron chi connectivity index (χ0n) is 24.6. The molecular weight excluding hydrogens is 594 g/mol. The van der Waals surface area contributed by atoms with E-state index in [9.17, 15) is 27.2 Å². The number of likely N-dealkylation sites (N-methyl/N-ethyl adjacent to an activating group) is 1. The van der Waals surface area contributed by atoms with Gasteiger partial charge in [0.05, 0.1) is 5.56 Å². The van der Waals surface area contributed by atoms with Gasteiger partial charge in [0.15, 0.2) is 5.16 Å². The lowest BCUT2D eigenvalue weighted by Crippen LogP contribution is -2.39. The lowest BCUT2D eigenvalue weighted by Gasteiger charge is -2.25. The molecule has 0 radical (unpaired) electrons. The Balaban J connectivity index is 1.52. The highest BCUT2D eigenvalue weighted by molar-refractivity contribution is 7.98. The van der Waals surface area contributed by atoms with Crippen molar-refractivity contribution in [3.05, 3.63) is 111 Å². The number of nitrogens with zero attached hydrogens (tertiary/aromatic N) is 5. The number of hydrogen-bond donors (Lipinski definition) is 0. The Morgan fingerprint density at radius 2 is 1.48 bits per heavy atom. The zero-order chi connectivity index (χ0) is 31.9. The van der Waals surface area contributed by atoms with Crippen LogP contribution in [0.15, 0.2) is 82.7 Å². The second-order valence-electron chi connectivity index (χ2n) is 10.5. The molecule has 44 heavy (non-hydrogen) atoms. The van der Waals surface area contributed by atoms with E-state index in [0.29, 0.717) is 42.5 Å². The predicted molar refractivity (Wildman–Crippen MR) is 162 cm³/mol. The first-order valence-electron chi connectivity index (χ1n) is 14.0. The molecule has 0 spiro atoms. The molecule has 0 aliphatic carbocycles. The summed E-state index contributed by atoms with van der Waals surface area (Å²) < 4.78 is 53.6. The predicted octanol–water partition coefficient (Wildman–Crippen LogP) is 5.91. The maximum absolute atomic E-state index is 13.7. The topological polar surface area (TPSA) is 71.3 Å². The summed E-state index contributed by atoms with van der Waals surface area (Å²) in [5.41, 5.74) is 2.18. The molecule has 7 nitrogen and oxygen atoms in total. The van der Waals surface area contributed by atoms with Crippen LogP contribution in [-0.4, -0.2) is 57.7 Å². The maximum atomic E-state index is 13.7. The number of alkyl halides is 3. The molecule has 0 fully saturated rings. The molecule has 0 atom stereocenters. The summed E-state index contributed by atoms with van der Waals surface area (Å²) in [4.78, 5) is 34.0. The van der Waals surface area contributed by atoms with Crippen LogP contribution in [0.1, 0.15) is 29.3 Å². The smallest absolute Gasteiger partial charge is 0.335 e. The summed E-state index contributed by atoms with van der Waals surface area (Å²) in [5.74, 6) is -0.161. The normalized spacial score (nSPS) is 11.6. The lowest BCUT2D eigenvalue weighted by atomic mass is 10.0. The van der Waals surface area contributed by atoms with Crippen molar-refractivity contribution in [2.24, 2.45) is 0 Å². The molecule has 3 aromatic carbocycles. The van der Waals surface area contributed by atoms with Crippen LogP contribution in [-0.2, 0) is 36.2 Å². The van der Waals surface area contributed by atoms with Crippen LogP contribution in [0.3, 0.4) is 0 Å². The fourth-order valence-corrected chi connectivity index (χ4v) is 5.21. The molecule has 0 saturated carbocycles. The van der Waals surface area contributed by atoms with Gasteiger partial charge >= 0.3 is 6.18 Å². The Kier molecular flexibility index (Phi) is 10.9. The van der Waals surface area contributed by atoms with E-state index in [1.807, 2.05) is 43.3 Å². The molecule has 0 N–H and O–H groups in total. The van der Waals surface area contributed by atoms with Crippen molar-refractivity contribution in [2.45, 2.75) is 43.5 Å². The van der Waals surface area contributed by atoms with Crippen molar-refractivity contribution >= 4 is 17.7 Å². The molecule has 0 aliphatic rings. The van der Waals surface area contributed by atoms with Gasteiger partial charge in [-0.15, -0.1) is 0 Å². The third kappa shape index (κ3) is 8.99. The number of aromatic nitrogens is 3. The number of hydrogen-bond acceptors (Lipinski definition) is 6. The lowest BCUT2D eigenvalue weighted by molar-refractivity contribution is -0.137. The monoisotopic (exact) mass is 627 g/mol. The fourth-order valence-electron chi connectivity index (χ4n) is 4.32. The van der Waals surface area contributed by atoms with Crippen molar-refractivity contribution in [1.82, 2.24) is 24.6 Å². The second kappa shape index (κ2) is 14.6. The van der Waals surface area contributed by atoms with Crippen LogP contribution < -0.4 is 5.56 Å². The van der Waals surface area contributed by atoms with Crippen LogP contribution in [0, 0.1) is 5.82 Å². The number of benzene rings is 3. The van der Waals surface area contributed by atoms with Gasteiger partial charge in [0.1, 0.15) is 18.1 Å². The van der Waals surface area contributed by atoms with Crippen LogP contribution in [0.25, 0.3) is 11.1 Å². The summed E-state index contributed by atoms with van der Waals surface area (Å²) in [7, 11) is 3.82. The number of thioether (sulfide) groups is 1. The van der Waals surface area contributed by atoms with E-state index in [4.69, 9.17) is 0 Å². The van der Waals surface area contributed by atoms with Crippen molar-refractivity contribution in [1.29, 1.82) is 0 Å². The largest absolute Gasteiger partial charge is 0.416 e. The van der Waals surface area contributed by atoms with Crippen molar-refractivity contribution in [3.63, 3.8) is 0 Å². The standard InChI is InChI=1S/C32H33F4N5O2S/c1-4-28-30(43)37-31(44-21-23-7-15-27(33)16-8-23)41(38-28)20-29(42)40(18-17-39(2)3)19-22-5-9-24(10-6-22)25-11-13-26(14-12-25)32(34,35)36/h5-16H,4,17-21H2,1-3H3. The Bertz CT molecular complexity index is 1610. The number of carbonyl (C=O) groups is 1. The number of rotatable bonds is 12. The minimum atomic E-state index is -4.40. The third-order valence-electron chi connectivity index (χ3n) is 6.85. The summed E-state index contributed by atoms with van der Waals surface area (Å²) in [5, 5.41) is 4.73. The van der Waals surface area contributed by atoms with Crippen molar-refractivity contribution in [2.75, 3.05) is 27.2 Å². The first-order chi connectivity index (χ1) is 20.9. The molecule has 232 valence electrons. The van der Waals surface area contributed by atoms with Gasteiger partial charge < -0.3 is 9.80 Å². The van der Waals surface area contributed by atoms with Crippen LogP contribution in [0.2, 0.25) is 0 Å². The van der Waals surface area contributed by atoms with Crippen LogP contribution in [0.4, 0.5) is 17.6 Å². The quantitative estimate of drug-likeness (QED) is 0.144. The molecule has 12 heteroatoms. The van der Waals surface area contributed by atoms with Gasteiger partial charge in [-0.25, -0.2) is 9.07 Å². The average molecular weight is 628 g/mol. The summed E-state index contributed by atoms with van der Waals surface area (Å²) in [6, 6.07) is 18.3. The van der Waals surface area contributed by atoms with Gasteiger partial charge in [-0.2, -0.15) is 23.3 Å². The number of carbonyl (C=O) groups excluding carboxylic acids is 1. The minimum absolute atomic E-state index is 0.136. The third-order valence-corrected chi connectivity index (χ3v) is 7.89. The molecule has 1 heterocycles. The summed E-state index contributed by atoms with van der Waals surface area (Å²) >= 11 is 1.24. The highest BCUT2D eigenvalue weighted by Crippen LogP contribution is 2.31. The van der Waals surface area contributed by atoms with Gasteiger partial charge in [-0.1, -0.05) is 67.2 Å². The number of amides is 1. The molecule has 0 saturated heterocycles. The van der Waals surface area contributed by atoms with E-state index in [-0.39, 0.29) is 24.0 Å². The molecule has 0 aliphatic heterocycles. The zero-order valence-corrected chi connectivity index (χ0v) is 25.5. The van der Waals surface area contributed by atoms with E-state index < -0.39 is 17.3 Å². The Morgan fingerprint density at radius 3 is 2.05 bits per heavy atom.